The minimum absolute atomic E-state index is 0.602. The average Bonchev–Trinajstić information content (AvgIpc) is 1.68. The van der Waals surface area contributed by atoms with Crippen LogP contribution in [0.3, 0.4) is 0 Å². The normalized spacial score (nSPS) is 10.5. The first-order valence-electron chi connectivity index (χ1n) is 2.21. The second-order valence-electron chi connectivity index (χ2n) is 1.30. The summed E-state index contributed by atoms with van der Waals surface area (Å²) in [5.41, 5.74) is 0.697. The van der Waals surface area contributed by atoms with Gasteiger partial charge in [-0.2, -0.15) is 0 Å². The fraction of sp³-hybridized carbons (Fsp3) is 0.400. The van der Waals surface area contributed by atoms with Crippen molar-refractivity contribution in [3.05, 3.63) is 12.0 Å². The van der Waals surface area contributed by atoms with Gasteiger partial charge in [-0.3, -0.25) is 4.79 Å². The third kappa shape index (κ3) is 3.21. The summed E-state index contributed by atoms with van der Waals surface area (Å²) in [6.45, 7) is 1.73. The summed E-state index contributed by atoms with van der Waals surface area (Å²) in [7, 11) is 1.52. The molecule has 0 spiro atoms. The Morgan fingerprint density at radius 1 is 1.75 bits per heavy atom. The number of rotatable bonds is 3. The second kappa shape index (κ2) is 4.18. The van der Waals surface area contributed by atoms with Crippen LogP contribution in [0.2, 0.25) is 0 Å². The Labute approximate surface area is 48.3 Å². The molecule has 0 radical (unpaired) electrons. The molecule has 0 unspecified atom stereocenters. The number of carbonyl (C=O) groups excluding carboxylic acids is 1. The number of ether oxygens (including phenoxy) is 1. The summed E-state index contributed by atoms with van der Waals surface area (Å²) in [5.74, 6) is 0. The SMILES string of the molecule is CO/C=C(/C)NC=O. The zero-order chi connectivity index (χ0) is 6.41. The van der Waals surface area contributed by atoms with Crippen molar-refractivity contribution < 1.29 is 9.53 Å². The molecule has 46 valence electrons. The van der Waals surface area contributed by atoms with E-state index in [0.717, 1.165) is 0 Å². The number of carbonyl (C=O) groups is 1. The minimum atomic E-state index is 0.602. The molecule has 1 amide bonds. The highest BCUT2D eigenvalue weighted by molar-refractivity contribution is 5.49. The van der Waals surface area contributed by atoms with Crippen LogP contribution in [0.5, 0.6) is 0 Å². The predicted molar refractivity (Wildman–Crippen MR) is 30.0 cm³/mol. The third-order valence-corrected chi connectivity index (χ3v) is 0.581. The molecule has 0 aliphatic heterocycles. The smallest absolute Gasteiger partial charge is 0.211 e. The Bertz CT molecular complexity index is 98.6. The van der Waals surface area contributed by atoms with Gasteiger partial charge in [-0.25, -0.2) is 0 Å². The van der Waals surface area contributed by atoms with Gasteiger partial charge >= 0.3 is 0 Å². The molecule has 0 rings (SSSR count). The molecule has 0 saturated heterocycles. The molecule has 3 nitrogen and oxygen atoms in total. The van der Waals surface area contributed by atoms with E-state index in [1.165, 1.54) is 13.4 Å². The van der Waals surface area contributed by atoms with Crippen LogP contribution in [0, 0.1) is 0 Å². The lowest BCUT2D eigenvalue weighted by Crippen LogP contribution is -2.06. The second-order valence-corrected chi connectivity index (χ2v) is 1.30. The van der Waals surface area contributed by atoms with Crippen LogP contribution in [0.15, 0.2) is 12.0 Å². The van der Waals surface area contributed by atoms with Crippen molar-refractivity contribution in [1.29, 1.82) is 0 Å². The van der Waals surface area contributed by atoms with E-state index < -0.39 is 0 Å². The first-order valence-corrected chi connectivity index (χ1v) is 2.21. The van der Waals surface area contributed by atoms with Crippen molar-refractivity contribution in [2.75, 3.05) is 7.11 Å². The van der Waals surface area contributed by atoms with Gasteiger partial charge in [0.2, 0.25) is 6.41 Å². The Kier molecular flexibility index (Phi) is 3.66. The van der Waals surface area contributed by atoms with Crippen molar-refractivity contribution in [3.63, 3.8) is 0 Å². The van der Waals surface area contributed by atoms with E-state index in [2.05, 4.69) is 10.1 Å². The van der Waals surface area contributed by atoms with Crippen LogP contribution in [-0.4, -0.2) is 13.5 Å². The maximum atomic E-state index is 9.68. The number of amides is 1. The highest BCUT2D eigenvalue weighted by atomic mass is 16.5. The Balaban J connectivity index is 3.44. The van der Waals surface area contributed by atoms with Crippen LogP contribution >= 0.6 is 0 Å². The van der Waals surface area contributed by atoms with Gasteiger partial charge in [-0.05, 0) is 6.92 Å². The lowest BCUT2D eigenvalue weighted by Gasteiger charge is -1.93. The predicted octanol–water partition coefficient (Wildman–Crippen LogP) is 0.240. The number of hydrogen-bond donors (Lipinski definition) is 1. The molecule has 0 aliphatic carbocycles. The number of nitrogens with one attached hydrogen (secondary N) is 1. The maximum absolute atomic E-state index is 9.68. The fourth-order valence-electron chi connectivity index (χ4n) is 0.304. The molecule has 3 heteroatoms. The molecule has 1 N–H and O–H groups in total. The minimum Gasteiger partial charge on any atom is -0.503 e. The van der Waals surface area contributed by atoms with Crippen molar-refractivity contribution >= 4 is 6.41 Å². The van der Waals surface area contributed by atoms with E-state index in [4.69, 9.17) is 0 Å². The van der Waals surface area contributed by atoms with Crippen LogP contribution in [0.4, 0.5) is 0 Å². The van der Waals surface area contributed by atoms with E-state index in [0.29, 0.717) is 12.1 Å². The summed E-state index contributed by atoms with van der Waals surface area (Å²) >= 11 is 0. The fourth-order valence-corrected chi connectivity index (χ4v) is 0.304. The van der Waals surface area contributed by atoms with Crippen LogP contribution in [0.25, 0.3) is 0 Å². The lowest BCUT2D eigenvalue weighted by molar-refractivity contribution is -0.108. The summed E-state index contributed by atoms with van der Waals surface area (Å²) in [6.07, 6.45) is 2.05. The number of allylic oxidation sites excluding steroid dienone is 1. The monoisotopic (exact) mass is 115 g/mol. The summed E-state index contributed by atoms with van der Waals surface area (Å²) in [4.78, 5) is 9.68. The zero-order valence-corrected chi connectivity index (χ0v) is 4.97. The Hall–Kier alpha value is -0.990. The molecule has 0 aliphatic rings. The van der Waals surface area contributed by atoms with Gasteiger partial charge in [0.15, 0.2) is 0 Å². The van der Waals surface area contributed by atoms with Crippen molar-refractivity contribution in [1.82, 2.24) is 5.32 Å². The highest BCUT2D eigenvalue weighted by Crippen LogP contribution is 1.81. The molecule has 0 atom stereocenters. The third-order valence-electron chi connectivity index (χ3n) is 0.581. The van der Waals surface area contributed by atoms with Gasteiger partial charge in [-0.15, -0.1) is 0 Å². The Morgan fingerprint density at radius 3 is 2.75 bits per heavy atom. The van der Waals surface area contributed by atoms with E-state index in [9.17, 15) is 4.79 Å². The molecule has 0 heterocycles. The van der Waals surface area contributed by atoms with E-state index in [1.807, 2.05) is 0 Å². The van der Waals surface area contributed by atoms with E-state index in [-0.39, 0.29) is 0 Å². The zero-order valence-electron chi connectivity index (χ0n) is 4.97. The first kappa shape index (κ1) is 7.01. The number of hydrogen-bond acceptors (Lipinski definition) is 2. The molecule has 0 aromatic heterocycles. The quantitative estimate of drug-likeness (QED) is 0.422. The Morgan fingerprint density at radius 2 is 2.38 bits per heavy atom. The lowest BCUT2D eigenvalue weighted by atomic mass is 10.6. The van der Waals surface area contributed by atoms with E-state index >= 15 is 0 Å². The van der Waals surface area contributed by atoms with Crippen molar-refractivity contribution in [2.24, 2.45) is 0 Å². The summed E-state index contributed by atoms with van der Waals surface area (Å²) in [6, 6.07) is 0. The van der Waals surface area contributed by atoms with Gasteiger partial charge in [0.25, 0.3) is 0 Å². The van der Waals surface area contributed by atoms with Gasteiger partial charge < -0.3 is 10.1 Å². The van der Waals surface area contributed by atoms with E-state index in [1.54, 1.807) is 6.92 Å². The summed E-state index contributed by atoms with van der Waals surface area (Å²) in [5, 5.41) is 2.40. The molecule has 0 aromatic rings. The first-order chi connectivity index (χ1) is 3.81. The van der Waals surface area contributed by atoms with Gasteiger partial charge in [0, 0.05) is 5.70 Å². The van der Waals surface area contributed by atoms with Gasteiger partial charge in [-0.1, -0.05) is 0 Å². The van der Waals surface area contributed by atoms with Crippen LogP contribution < -0.4 is 5.32 Å². The highest BCUT2D eigenvalue weighted by Gasteiger charge is 1.79. The summed E-state index contributed by atoms with van der Waals surface area (Å²) < 4.78 is 4.57. The van der Waals surface area contributed by atoms with Crippen molar-refractivity contribution in [3.8, 4) is 0 Å². The molecule has 8 heavy (non-hydrogen) atoms. The largest absolute Gasteiger partial charge is 0.503 e. The average molecular weight is 115 g/mol. The number of methoxy groups -OCH3 is 1. The van der Waals surface area contributed by atoms with Crippen molar-refractivity contribution in [2.45, 2.75) is 6.92 Å². The molecule has 0 fully saturated rings. The molecule has 0 aromatic carbocycles. The topological polar surface area (TPSA) is 38.3 Å². The van der Waals surface area contributed by atoms with Gasteiger partial charge in [0.05, 0.1) is 7.11 Å². The molecule has 0 saturated carbocycles. The molecular weight excluding hydrogens is 106 g/mol. The van der Waals surface area contributed by atoms with Crippen LogP contribution in [0.1, 0.15) is 6.92 Å². The standard InChI is InChI=1S/C5H9NO2/c1-5(3-8-2)6-4-7/h3-4H,1-2H3,(H,6,7)/b5-3-. The maximum Gasteiger partial charge on any atom is 0.211 e. The molecule has 0 bridgehead atoms. The van der Waals surface area contributed by atoms with Gasteiger partial charge in [0.1, 0.15) is 6.26 Å². The van der Waals surface area contributed by atoms with Crippen LogP contribution in [-0.2, 0) is 9.53 Å². The molecular formula is C5H9NO2.